The number of benzene rings is 1. The van der Waals surface area contributed by atoms with Crippen molar-refractivity contribution in [3.05, 3.63) is 60.3 Å². The second-order valence-electron chi connectivity index (χ2n) is 6.40. The van der Waals surface area contributed by atoms with Crippen LogP contribution < -0.4 is 5.32 Å². The minimum atomic E-state index is 0.568. The molecule has 0 atom stereocenters. The molecule has 0 fully saturated rings. The first-order chi connectivity index (χ1) is 13.7. The zero-order chi connectivity index (χ0) is 19.1. The normalized spacial score (nSPS) is 11.2. The fraction of sp³-hybridized carbons (Fsp3) is 0.0526. The summed E-state index contributed by atoms with van der Waals surface area (Å²) in [6, 6.07) is 9.65. The number of pyridine rings is 1. The lowest BCUT2D eigenvalue weighted by Crippen LogP contribution is -1.94. The fourth-order valence-electron chi connectivity index (χ4n) is 3.06. The van der Waals surface area contributed by atoms with Crippen molar-refractivity contribution in [2.24, 2.45) is 7.05 Å². The molecular weight excluding hydrogens is 376 g/mol. The van der Waals surface area contributed by atoms with Gasteiger partial charge in [0.05, 0.1) is 22.4 Å². The fourth-order valence-corrected chi connectivity index (χ4v) is 3.28. The predicted octanol–water partition coefficient (Wildman–Crippen LogP) is 4.15. The highest BCUT2D eigenvalue weighted by atomic mass is 35.5. The molecule has 0 radical (unpaired) electrons. The van der Waals surface area contributed by atoms with Crippen molar-refractivity contribution in [3.63, 3.8) is 0 Å². The van der Waals surface area contributed by atoms with E-state index in [1.807, 2.05) is 49.9 Å². The molecule has 0 aliphatic rings. The maximum atomic E-state index is 6.43. The van der Waals surface area contributed by atoms with Gasteiger partial charge in [-0.3, -0.25) is 9.78 Å². The molecule has 0 bridgehead atoms. The van der Waals surface area contributed by atoms with Gasteiger partial charge in [-0.15, -0.1) is 0 Å². The summed E-state index contributed by atoms with van der Waals surface area (Å²) in [7, 11) is 1.90. The van der Waals surface area contributed by atoms with Crippen molar-refractivity contribution in [3.8, 4) is 22.6 Å². The van der Waals surface area contributed by atoms with Crippen molar-refractivity contribution in [1.29, 1.82) is 0 Å². The van der Waals surface area contributed by atoms with Gasteiger partial charge in [-0.2, -0.15) is 10.2 Å². The van der Waals surface area contributed by atoms with E-state index in [-0.39, 0.29) is 0 Å². The molecule has 8 nitrogen and oxygen atoms in total. The average Bonchev–Trinajstić information content (AvgIpc) is 3.42. The minimum Gasteiger partial charge on any atom is -0.354 e. The van der Waals surface area contributed by atoms with Crippen LogP contribution in [0.5, 0.6) is 0 Å². The third-order valence-corrected chi connectivity index (χ3v) is 4.75. The molecule has 28 heavy (non-hydrogen) atoms. The zero-order valence-electron chi connectivity index (χ0n) is 14.8. The second kappa shape index (κ2) is 6.50. The molecule has 0 aliphatic carbocycles. The van der Waals surface area contributed by atoms with E-state index in [1.54, 1.807) is 4.68 Å². The van der Waals surface area contributed by atoms with Crippen LogP contribution in [0.4, 0.5) is 11.5 Å². The Bertz CT molecular complexity index is 1270. The van der Waals surface area contributed by atoms with Gasteiger partial charge in [-0.25, -0.2) is 9.97 Å². The van der Waals surface area contributed by atoms with E-state index in [2.05, 4.69) is 41.6 Å². The quantitative estimate of drug-likeness (QED) is 0.428. The molecule has 0 saturated heterocycles. The van der Waals surface area contributed by atoms with Crippen LogP contribution in [0.1, 0.15) is 0 Å². The molecule has 4 aromatic heterocycles. The van der Waals surface area contributed by atoms with Gasteiger partial charge in [0.25, 0.3) is 0 Å². The van der Waals surface area contributed by atoms with E-state index in [0.717, 1.165) is 33.4 Å². The van der Waals surface area contributed by atoms with E-state index in [9.17, 15) is 0 Å². The van der Waals surface area contributed by atoms with Crippen LogP contribution in [0.25, 0.3) is 33.5 Å². The van der Waals surface area contributed by atoms with Crippen LogP contribution in [-0.2, 0) is 7.05 Å². The number of aromatic amines is 2. The predicted molar refractivity (Wildman–Crippen MR) is 108 cm³/mol. The molecule has 9 heteroatoms. The minimum absolute atomic E-state index is 0.568. The zero-order valence-corrected chi connectivity index (χ0v) is 15.6. The summed E-state index contributed by atoms with van der Waals surface area (Å²) in [4.78, 5) is 12.0. The highest BCUT2D eigenvalue weighted by Gasteiger charge is 2.09. The van der Waals surface area contributed by atoms with Gasteiger partial charge < -0.3 is 10.3 Å². The summed E-state index contributed by atoms with van der Waals surface area (Å²) in [6.45, 7) is 0. The number of hydrogen-bond donors (Lipinski definition) is 3. The molecule has 138 valence electrons. The Kier molecular flexibility index (Phi) is 3.84. The van der Waals surface area contributed by atoms with Crippen molar-refractivity contribution < 1.29 is 0 Å². The van der Waals surface area contributed by atoms with Crippen LogP contribution in [0.15, 0.2) is 55.2 Å². The van der Waals surface area contributed by atoms with E-state index >= 15 is 0 Å². The molecular formula is C19H15ClN8. The van der Waals surface area contributed by atoms with Gasteiger partial charge in [0, 0.05) is 47.7 Å². The Morgan fingerprint density at radius 3 is 2.75 bits per heavy atom. The first kappa shape index (κ1) is 16.5. The molecule has 4 heterocycles. The number of aromatic nitrogens is 7. The van der Waals surface area contributed by atoms with Gasteiger partial charge >= 0.3 is 0 Å². The summed E-state index contributed by atoms with van der Waals surface area (Å²) in [6.07, 6.45) is 7.08. The number of H-pyrrole nitrogens is 2. The molecule has 5 rings (SSSR count). The molecule has 0 saturated carbocycles. The van der Waals surface area contributed by atoms with Crippen molar-refractivity contribution in [1.82, 2.24) is 34.9 Å². The lowest BCUT2D eigenvalue weighted by atomic mass is 10.2. The standard InChI is InChI=1S/C19H15ClN8/c1-28-9-13(8-24-28)16-5-12-7-21-18(6-17(12)25-16)26-15-3-2-11(4-14(15)20)19-22-10-23-27-19/h2-10,25H,1H3,(H,21,26)(H,22,23,27). The molecule has 0 spiro atoms. The van der Waals surface area contributed by atoms with Gasteiger partial charge in [0.1, 0.15) is 12.1 Å². The van der Waals surface area contributed by atoms with E-state index in [4.69, 9.17) is 11.6 Å². The van der Waals surface area contributed by atoms with E-state index < -0.39 is 0 Å². The molecule has 3 N–H and O–H groups in total. The average molecular weight is 391 g/mol. The number of anilines is 2. The number of halogens is 1. The summed E-state index contributed by atoms with van der Waals surface area (Å²) in [5, 5.41) is 15.8. The van der Waals surface area contributed by atoms with Crippen LogP contribution in [0.2, 0.25) is 5.02 Å². The van der Waals surface area contributed by atoms with Gasteiger partial charge in [0.2, 0.25) is 0 Å². The molecule has 1 aromatic carbocycles. The Morgan fingerprint density at radius 1 is 1.07 bits per heavy atom. The molecule has 0 unspecified atom stereocenters. The third kappa shape index (κ3) is 2.99. The lowest BCUT2D eigenvalue weighted by Gasteiger charge is -2.08. The molecule has 0 aliphatic heterocycles. The van der Waals surface area contributed by atoms with Gasteiger partial charge in [-0.05, 0) is 24.3 Å². The summed E-state index contributed by atoms with van der Waals surface area (Å²) >= 11 is 6.43. The van der Waals surface area contributed by atoms with Crippen molar-refractivity contribution in [2.45, 2.75) is 0 Å². The largest absolute Gasteiger partial charge is 0.354 e. The number of hydrogen-bond acceptors (Lipinski definition) is 5. The van der Waals surface area contributed by atoms with Crippen LogP contribution in [-0.4, -0.2) is 34.9 Å². The third-order valence-electron chi connectivity index (χ3n) is 4.44. The number of rotatable bonds is 4. The topological polar surface area (TPSA) is 100 Å². The van der Waals surface area contributed by atoms with Gasteiger partial charge in [0.15, 0.2) is 5.82 Å². The van der Waals surface area contributed by atoms with Crippen molar-refractivity contribution >= 4 is 34.0 Å². The smallest absolute Gasteiger partial charge is 0.155 e. The first-order valence-electron chi connectivity index (χ1n) is 8.56. The van der Waals surface area contributed by atoms with E-state index in [1.165, 1.54) is 6.33 Å². The van der Waals surface area contributed by atoms with Crippen LogP contribution in [0.3, 0.4) is 0 Å². The Hall–Kier alpha value is -3.65. The van der Waals surface area contributed by atoms with Crippen LogP contribution >= 0.6 is 11.6 Å². The van der Waals surface area contributed by atoms with Crippen molar-refractivity contribution in [2.75, 3.05) is 5.32 Å². The number of nitrogens with one attached hydrogen (secondary N) is 3. The van der Waals surface area contributed by atoms with E-state index in [0.29, 0.717) is 16.7 Å². The molecule has 0 amide bonds. The Labute approximate surface area is 164 Å². The second-order valence-corrected chi connectivity index (χ2v) is 6.80. The van der Waals surface area contributed by atoms with Gasteiger partial charge in [-0.1, -0.05) is 11.6 Å². The highest BCUT2D eigenvalue weighted by Crippen LogP contribution is 2.30. The number of nitrogens with zero attached hydrogens (tertiary/aromatic N) is 5. The number of aryl methyl sites for hydroxylation is 1. The Morgan fingerprint density at radius 2 is 2.00 bits per heavy atom. The summed E-state index contributed by atoms with van der Waals surface area (Å²) in [5.41, 5.74) is 4.62. The number of fused-ring (bicyclic) bond motifs is 1. The Balaban J connectivity index is 1.43. The summed E-state index contributed by atoms with van der Waals surface area (Å²) < 4.78 is 1.77. The summed E-state index contributed by atoms with van der Waals surface area (Å²) in [5.74, 6) is 1.36. The molecule has 5 aromatic rings. The first-order valence-corrected chi connectivity index (χ1v) is 8.93. The van der Waals surface area contributed by atoms with Crippen LogP contribution in [0, 0.1) is 0 Å². The lowest BCUT2D eigenvalue weighted by molar-refractivity contribution is 0.768. The SMILES string of the molecule is Cn1cc(-c2cc3cnc(Nc4ccc(-c5ncn[nH]5)cc4Cl)cc3[nH]2)cn1. The maximum absolute atomic E-state index is 6.43. The maximum Gasteiger partial charge on any atom is 0.155 e. The monoisotopic (exact) mass is 390 g/mol. The highest BCUT2D eigenvalue weighted by molar-refractivity contribution is 6.33.